The molecule has 4 aromatic rings. The molecule has 7 heteroatoms. The number of carbonyl (C=O) groups excluding carboxylic acids is 1. The molecule has 3 heterocycles. The van der Waals surface area contributed by atoms with Gasteiger partial charge >= 0.3 is 0 Å². The van der Waals surface area contributed by atoms with Gasteiger partial charge in [0.2, 0.25) is 0 Å². The highest BCUT2D eigenvalue weighted by atomic mass is 32.1. The summed E-state index contributed by atoms with van der Waals surface area (Å²) < 4.78 is 7.41. The van der Waals surface area contributed by atoms with Crippen molar-refractivity contribution in [2.45, 2.75) is 20.4 Å². The predicted octanol–water partition coefficient (Wildman–Crippen LogP) is 4.45. The molecule has 0 aliphatic rings. The third kappa shape index (κ3) is 3.84. The smallest absolute Gasteiger partial charge is 0.250 e. The van der Waals surface area contributed by atoms with E-state index in [1.807, 2.05) is 67.9 Å². The minimum Gasteiger partial charge on any atom is -0.497 e. The van der Waals surface area contributed by atoms with Gasteiger partial charge in [-0.3, -0.25) is 9.78 Å². The Morgan fingerprint density at radius 1 is 1.20 bits per heavy atom. The lowest BCUT2D eigenvalue weighted by atomic mass is 10.2. The molecular weight excluding hydrogens is 396 g/mol. The van der Waals surface area contributed by atoms with Crippen molar-refractivity contribution >= 4 is 17.2 Å². The summed E-state index contributed by atoms with van der Waals surface area (Å²) in [5.74, 6) is 0.341. The average Bonchev–Trinajstić information content (AvgIpc) is 3.34. The van der Waals surface area contributed by atoms with E-state index in [0.29, 0.717) is 12.1 Å². The van der Waals surface area contributed by atoms with Crippen LogP contribution in [0.3, 0.4) is 0 Å². The number of ether oxygens (including phenoxy) is 1. The van der Waals surface area contributed by atoms with E-state index >= 15 is 0 Å². The number of aryl methyl sites for hydroxylation is 1. The second-order valence-corrected chi connectivity index (χ2v) is 7.91. The van der Waals surface area contributed by atoms with Crippen LogP contribution in [0.4, 0.5) is 0 Å². The molecule has 0 radical (unpaired) electrons. The first-order valence-corrected chi connectivity index (χ1v) is 10.4. The van der Waals surface area contributed by atoms with Crippen molar-refractivity contribution in [3.63, 3.8) is 0 Å². The molecule has 6 nitrogen and oxygen atoms in total. The van der Waals surface area contributed by atoms with Gasteiger partial charge in [0.05, 0.1) is 24.1 Å². The van der Waals surface area contributed by atoms with Crippen LogP contribution in [0.5, 0.6) is 5.75 Å². The highest BCUT2D eigenvalue weighted by Crippen LogP contribution is 2.32. The van der Waals surface area contributed by atoms with Crippen molar-refractivity contribution in [1.29, 1.82) is 0 Å². The molecule has 0 saturated carbocycles. The number of thiazole rings is 1. The summed E-state index contributed by atoms with van der Waals surface area (Å²) in [6.07, 6.45) is 1.83. The molecule has 0 atom stereocenters. The zero-order chi connectivity index (χ0) is 21.3. The lowest BCUT2D eigenvalue weighted by Crippen LogP contribution is -2.12. The number of pyridine rings is 1. The number of nitrogens with zero attached hydrogens (tertiary/aromatic N) is 3. The number of nitrogens with two attached hydrogens (primary N) is 1. The molecule has 0 spiro atoms. The van der Waals surface area contributed by atoms with Crippen LogP contribution >= 0.6 is 11.3 Å². The fraction of sp³-hybridized carbons (Fsp3) is 0.174. The number of primary amides is 1. The molecule has 4 rings (SSSR count). The highest BCUT2D eigenvalue weighted by molar-refractivity contribution is 7.13. The van der Waals surface area contributed by atoms with E-state index < -0.39 is 5.91 Å². The summed E-state index contributed by atoms with van der Waals surface area (Å²) in [5, 5.41) is 2.88. The average molecular weight is 419 g/mol. The maximum Gasteiger partial charge on any atom is 0.250 e. The Kier molecular flexibility index (Phi) is 5.37. The van der Waals surface area contributed by atoms with Crippen LogP contribution in [-0.2, 0) is 6.54 Å². The fourth-order valence-corrected chi connectivity index (χ4v) is 4.19. The number of methoxy groups -OCH3 is 1. The molecule has 30 heavy (non-hydrogen) atoms. The number of amides is 1. The Bertz CT molecular complexity index is 1210. The third-order valence-corrected chi connectivity index (χ3v) is 5.92. The SMILES string of the molecule is COc1cccc(Cn2c(-c3csc(-c4ccc(C)nc4)n3)cc(C(N)=O)c2C)c1. The monoisotopic (exact) mass is 418 g/mol. The van der Waals surface area contributed by atoms with Crippen LogP contribution in [0.15, 0.2) is 54.0 Å². The molecule has 3 aromatic heterocycles. The van der Waals surface area contributed by atoms with Crippen LogP contribution in [0, 0.1) is 13.8 Å². The Balaban J connectivity index is 1.76. The Labute approximate surface area is 179 Å². The van der Waals surface area contributed by atoms with Gasteiger partial charge in [0, 0.05) is 35.1 Å². The first kappa shape index (κ1) is 19.8. The molecular formula is C23H22N4O2S. The van der Waals surface area contributed by atoms with Crippen LogP contribution in [-0.4, -0.2) is 27.6 Å². The molecule has 1 amide bonds. The van der Waals surface area contributed by atoms with Crippen molar-refractivity contribution in [3.8, 4) is 27.7 Å². The summed E-state index contributed by atoms with van der Waals surface area (Å²) in [6, 6.07) is 13.7. The molecule has 152 valence electrons. The molecule has 0 unspecified atom stereocenters. The zero-order valence-electron chi connectivity index (χ0n) is 17.0. The van der Waals surface area contributed by atoms with E-state index in [4.69, 9.17) is 15.5 Å². The van der Waals surface area contributed by atoms with E-state index in [1.54, 1.807) is 18.4 Å². The summed E-state index contributed by atoms with van der Waals surface area (Å²) in [6.45, 7) is 4.43. The first-order chi connectivity index (χ1) is 14.5. The van der Waals surface area contributed by atoms with E-state index in [1.165, 1.54) is 0 Å². The van der Waals surface area contributed by atoms with Crippen molar-refractivity contribution in [2.24, 2.45) is 5.73 Å². The number of aromatic nitrogens is 3. The predicted molar refractivity (Wildman–Crippen MR) is 119 cm³/mol. The van der Waals surface area contributed by atoms with Crippen molar-refractivity contribution in [2.75, 3.05) is 7.11 Å². The number of carbonyl (C=O) groups is 1. The maximum atomic E-state index is 12.0. The topological polar surface area (TPSA) is 83.0 Å². The van der Waals surface area contributed by atoms with E-state index in [-0.39, 0.29) is 0 Å². The molecule has 0 fully saturated rings. The summed E-state index contributed by atoms with van der Waals surface area (Å²) in [4.78, 5) is 21.2. The maximum absolute atomic E-state index is 12.0. The summed E-state index contributed by atoms with van der Waals surface area (Å²) >= 11 is 1.55. The zero-order valence-corrected chi connectivity index (χ0v) is 17.9. The Morgan fingerprint density at radius 2 is 2.03 bits per heavy atom. The van der Waals surface area contributed by atoms with Crippen molar-refractivity contribution in [1.82, 2.24) is 14.5 Å². The largest absolute Gasteiger partial charge is 0.497 e. The number of rotatable bonds is 6. The minimum atomic E-state index is -0.448. The van der Waals surface area contributed by atoms with E-state index in [9.17, 15) is 4.79 Å². The summed E-state index contributed by atoms with van der Waals surface area (Å²) in [7, 11) is 1.65. The third-order valence-electron chi connectivity index (χ3n) is 5.03. The molecule has 0 bridgehead atoms. The van der Waals surface area contributed by atoms with Gasteiger partial charge in [0.25, 0.3) is 5.91 Å². The van der Waals surface area contributed by atoms with Gasteiger partial charge in [0.1, 0.15) is 10.8 Å². The normalized spacial score (nSPS) is 10.9. The van der Waals surface area contributed by atoms with Crippen LogP contribution in [0.25, 0.3) is 22.0 Å². The second kappa shape index (κ2) is 8.12. The van der Waals surface area contributed by atoms with Gasteiger partial charge in [-0.2, -0.15) is 0 Å². The lowest BCUT2D eigenvalue weighted by molar-refractivity contribution is 0.0999. The summed E-state index contributed by atoms with van der Waals surface area (Å²) in [5.41, 5.74) is 11.6. The van der Waals surface area contributed by atoms with Gasteiger partial charge < -0.3 is 15.0 Å². The highest BCUT2D eigenvalue weighted by Gasteiger charge is 2.19. The van der Waals surface area contributed by atoms with Crippen LogP contribution in [0.2, 0.25) is 0 Å². The van der Waals surface area contributed by atoms with E-state index in [2.05, 4.69) is 9.55 Å². The molecule has 2 N–H and O–H groups in total. The quantitative estimate of drug-likeness (QED) is 0.502. The second-order valence-electron chi connectivity index (χ2n) is 7.06. The fourth-order valence-electron chi connectivity index (χ4n) is 3.38. The minimum absolute atomic E-state index is 0.448. The van der Waals surface area contributed by atoms with Gasteiger partial charge in [0.15, 0.2) is 0 Å². The number of hydrogen-bond acceptors (Lipinski definition) is 5. The Morgan fingerprint density at radius 3 is 2.73 bits per heavy atom. The Hall–Kier alpha value is -3.45. The standard InChI is InChI=1S/C23H22N4O2S/c1-14-7-8-17(11-25-14)23-26-20(13-30-23)21-10-19(22(24)28)15(2)27(21)12-16-5-4-6-18(9-16)29-3/h4-11,13H,12H2,1-3H3,(H2,24,28). The number of benzene rings is 1. The molecule has 0 aliphatic heterocycles. The molecule has 0 saturated heterocycles. The van der Waals surface area contributed by atoms with Crippen molar-refractivity contribution < 1.29 is 9.53 Å². The van der Waals surface area contributed by atoms with Gasteiger partial charge in [-0.05, 0) is 49.7 Å². The van der Waals surface area contributed by atoms with Gasteiger partial charge in [-0.1, -0.05) is 12.1 Å². The molecule has 1 aromatic carbocycles. The van der Waals surface area contributed by atoms with Crippen LogP contribution in [0.1, 0.15) is 27.3 Å². The van der Waals surface area contributed by atoms with Crippen LogP contribution < -0.4 is 10.5 Å². The number of hydrogen-bond donors (Lipinski definition) is 1. The molecule has 0 aliphatic carbocycles. The van der Waals surface area contributed by atoms with Crippen molar-refractivity contribution in [3.05, 3.63) is 76.6 Å². The first-order valence-electron chi connectivity index (χ1n) is 9.48. The van der Waals surface area contributed by atoms with Gasteiger partial charge in [-0.15, -0.1) is 11.3 Å². The van der Waals surface area contributed by atoms with E-state index in [0.717, 1.165) is 44.7 Å². The lowest BCUT2D eigenvalue weighted by Gasteiger charge is -2.12. The van der Waals surface area contributed by atoms with Gasteiger partial charge in [-0.25, -0.2) is 4.98 Å².